The van der Waals surface area contributed by atoms with Crippen LogP contribution in [0.2, 0.25) is 0 Å². The van der Waals surface area contributed by atoms with Crippen molar-refractivity contribution in [3.8, 4) is 27.9 Å². The van der Waals surface area contributed by atoms with Crippen molar-refractivity contribution < 1.29 is 0 Å². The lowest BCUT2D eigenvalue weighted by molar-refractivity contribution is 1.18. The van der Waals surface area contributed by atoms with E-state index in [1.807, 2.05) is 6.92 Å². The van der Waals surface area contributed by atoms with Gasteiger partial charge in [0.15, 0.2) is 0 Å². The quantitative estimate of drug-likeness (QED) is 0.159. The molecule has 0 bridgehead atoms. The lowest BCUT2D eigenvalue weighted by Crippen LogP contribution is -1.99. The maximum Gasteiger partial charge on any atom is 0.0544 e. The van der Waals surface area contributed by atoms with Crippen LogP contribution in [0.15, 0.2) is 169 Å². The fourth-order valence-corrected chi connectivity index (χ4v) is 6.89. The van der Waals surface area contributed by atoms with Crippen LogP contribution in [0.3, 0.4) is 0 Å². The molecule has 228 valence electrons. The summed E-state index contributed by atoms with van der Waals surface area (Å²) in [6, 6.07) is 50.6. The Morgan fingerprint density at radius 3 is 1.79 bits per heavy atom. The van der Waals surface area contributed by atoms with Crippen LogP contribution >= 0.6 is 0 Å². The molecule has 0 aliphatic rings. The molecule has 6 aromatic carbocycles. The van der Waals surface area contributed by atoms with Gasteiger partial charge in [-0.1, -0.05) is 133 Å². The van der Waals surface area contributed by atoms with Crippen molar-refractivity contribution in [1.29, 1.82) is 0 Å². The highest BCUT2D eigenvalue weighted by Gasteiger charge is 2.20. The zero-order valence-electron chi connectivity index (χ0n) is 27.6. The number of hydrogen-bond donors (Lipinski definition) is 0. The predicted octanol–water partition coefficient (Wildman–Crippen LogP) is 12.7. The van der Waals surface area contributed by atoms with E-state index < -0.39 is 0 Å². The Bertz CT molecular complexity index is 2270. The van der Waals surface area contributed by atoms with E-state index in [9.17, 15) is 0 Å². The van der Waals surface area contributed by atoms with Gasteiger partial charge in [0, 0.05) is 16.5 Å². The van der Waals surface area contributed by atoms with Crippen molar-refractivity contribution in [1.82, 2.24) is 4.57 Å². The minimum atomic E-state index is 1.04. The van der Waals surface area contributed by atoms with E-state index in [1.54, 1.807) is 0 Å². The van der Waals surface area contributed by atoms with Crippen LogP contribution in [-0.2, 0) is 0 Å². The summed E-state index contributed by atoms with van der Waals surface area (Å²) in [7, 11) is 0. The molecular formula is C46H39N. The van der Waals surface area contributed by atoms with Crippen LogP contribution in [0.5, 0.6) is 0 Å². The Kier molecular flexibility index (Phi) is 8.06. The van der Waals surface area contributed by atoms with Gasteiger partial charge in [-0.2, -0.15) is 0 Å². The topological polar surface area (TPSA) is 4.93 Å². The number of benzene rings is 6. The molecule has 7 aromatic rings. The van der Waals surface area contributed by atoms with Crippen LogP contribution < -0.4 is 0 Å². The molecule has 0 aliphatic carbocycles. The van der Waals surface area contributed by atoms with Gasteiger partial charge < -0.3 is 4.57 Å². The zero-order chi connectivity index (χ0) is 32.5. The molecule has 1 heteroatoms. The summed E-state index contributed by atoms with van der Waals surface area (Å²) in [5, 5.41) is 2.54. The van der Waals surface area contributed by atoms with Crippen molar-refractivity contribution in [2.75, 3.05) is 0 Å². The van der Waals surface area contributed by atoms with Crippen molar-refractivity contribution in [3.05, 3.63) is 192 Å². The molecule has 47 heavy (non-hydrogen) atoms. The molecule has 0 spiro atoms. The third kappa shape index (κ3) is 5.66. The molecule has 0 radical (unpaired) electrons. The third-order valence-electron chi connectivity index (χ3n) is 9.18. The molecule has 0 N–H and O–H groups in total. The molecule has 0 aliphatic heterocycles. The smallest absolute Gasteiger partial charge is 0.0544 e. The molecule has 0 saturated carbocycles. The lowest BCUT2D eigenvalue weighted by Gasteiger charge is -2.18. The first kappa shape index (κ1) is 30.0. The van der Waals surface area contributed by atoms with Gasteiger partial charge in [-0.25, -0.2) is 0 Å². The van der Waals surface area contributed by atoms with Crippen molar-refractivity contribution in [2.24, 2.45) is 0 Å². The molecule has 0 unspecified atom stereocenters. The van der Waals surface area contributed by atoms with Crippen LogP contribution in [0, 0.1) is 13.8 Å². The SMILES string of the molecule is C=C(C)/C=C\C(C)=C(\c1ccccc1C)c1ccc2c(c1C)c1ccccc1n2-c1cc(-c2ccccc2)cc(-c2ccccc2)c1. The second-order valence-electron chi connectivity index (χ2n) is 12.5. The monoisotopic (exact) mass is 605 g/mol. The maximum atomic E-state index is 4.11. The number of aromatic nitrogens is 1. The summed E-state index contributed by atoms with van der Waals surface area (Å²) in [6.45, 7) is 12.9. The number of fused-ring (bicyclic) bond motifs is 3. The van der Waals surface area contributed by atoms with Crippen LogP contribution in [0.1, 0.15) is 36.1 Å². The minimum absolute atomic E-state index is 1.04. The van der Waals surface area contributed by atoms with Crippen molar-refractivity contribution in [2.45, 2.75) is 27.7 Å². The van der Waals surface area contributed by atoms with Gasteiger partial charge in [0.05, 0.1) is 11.0 Å². The number of aryl methyl sites for hydroxylation is 2. The van der Waals surface area contributed by atoms with E-state index in [0.717, 1.165) is 11.3 Å². The Labute approximate surface area is 278 Å². The van der Waals surface area contributed by atoms with E-state index in [0.29, 0.717) is 0 Å². The highest BCUT2D eigenvalue weighted by atomic mass is 15.0. The summed E-state index contributed by atoms with van der Waals surface area (Å²) in [5.41, 5.74) is 16.9. The van der Waals surface area contributed by atoms with Gasteiger partial charge >= 0.3 is 0 Å². The first-order chi connectivity index (χ1) is 22.9. The summed E-state index contributed by atoms with van der Waals surface area (Å²) in [4.78, 5) is 0. The number of para-hydroxylation sites is 1. The van der Waals surface area contributed by atoms with E-state index in [2.05, 4.69) is 184 Å². The van der Waals surface area contributed by atoms with Gasteiger partial charge in [-0.3, -0.25) is 0 Å². The normalized spacial score (nSPS) is 12.2. The molecule has 1 heterocycles. The number of rotatable bonds is 7. The molecule has 1 aromatic heterocycles. The van der Waals surface area contributed by atoms with Gasteiger partial charge in [0.25, 0.3) is 0 Å². The first-order valence-electron chi connectivity index (χ1n) is 16.3. The second kappa shape index (κ2) is 12.6. The van der Waals surface area contributed by atoms with Gasteiger partial charge in [0.1, 0.15) is 0 Å². The predicted molar refractivity (Wildman–Crippen MR) is 203 cm³/mol. The average molecular weight is 606 g/mol. The van der Waals surface area contributed by atoms with Crippen LogP contribution in [-0.4, -0.2) is 4.57 Å². The van der Waals surface area contributed by atoms with Crippen molar-refractivity contribution >= 4 is 27.4 Å². The Morgan fingerprint density at radius 2 is 1.15 bits per heavy atom. The average Bonchev–Trinajstić information content (AvgIpc) is 3.45. The molecule has 0 fully saturated rings. The van der Waals surface area contributed by atoms with Crippen LogP contribution in [0.4, 0.5) is 0 Å². The number of nitrogens with zero attached hydrogens (tertiary/aromatic N) is 1. The molecular weight excluding hydrogens is 567 g/mol. The Morgan fingerprint density at radius 1 is 0.553 bits per heavy atom. The van der Waals surface area contributed by atoms with Gasteiger partial charge in [-0.15, -0.1) is 0 Å². The third-order valence-corrected chi connectivity index (χ3v) is 9.18. The fraction of sp³-hybridized carbons (Fsp3) is 0.0870. The molecule has 7 rings (SSSR count). The molecule has 0 atom stereocenters. The number of allylic oxidation sites excluding steroid dienone is 4. The minimum Gasteiger partial charge on any atom is -0.309 e. The zero-order valence-corrected chi connectivity index (χ0v) is 27.6. The maximum absolute atomic E-state index is 4.11. The van der Waals surface area contributed by atoms with Gasteiger partial charge in [0.2, 0.25) is 0 Å². The molecule has 0 amide bonds. The Hall–Kier alpha value is -5.66. The summed E-state index contributed by atoms with van der Waals surface area (Å²) in [6.07, 6.45) is 4.31. The lowest BCUT2D eigenvalue weighted by atomic mass is 9.87. The van der Waals surface area contributed by atoms with Crippen LogP contribution in [0.25, 0.3) is 55.3 Å². The van der Waals surface area contributed by atoms with E-state index in [-0.39, 0.29) is 0 Å². The molecule has 0 saturated heterocycles. The fourth-order valence-electron chi connectivity index (χ4n) is 6.89. The first-order valence-corrected chi connectivity index (χ1v) is 16.3. The van der Waals surface area contributed by atoms with Gasteiger partial charge in [-0.05, 0) is 114 Å². The van der Waals surface area contributed by atoms with E-state index >= 15 is 0 Å². The largest absolute Gasteiger partial charge is 0.309 e. The van der Waals surface area contributed by atoms with Crippen molar-refractivity contribution in [3.63, 3.8) is 0 Å². The Balaban J connectivity index is 1.53. The highest BCUT2D eigenvalue weighted by molar-refractivity contribution is 6.12. The van der Waals surface area contributed by atoms with E-state index in [4.69, 9.17) is 0 Å². The molecule has 1 nitrogen and oxygen atoms in total. The number of hydrogen-bond acceptors (Lipinski definition) is 0. The second-order valence-corrected chi connectivity index (χ2v) is 12.5. The standard InChI is InChI=1S/C46H39N/c1-31(2)24-25-33(4)45(40-21-13-12-16-32(40)3)41-26-27-44-46(34(41)5)42-22-14-15-23-43(42)47(44)39-29-37(35-17-8-6-9-18-35)28-38(30-39)36-19-10-7-11-20-36/h6-30H,1H2,2-5H3/b25-24-,45-33-. The summed E-state index contributed by atoms with van der Waals surface area (Å²) in [5.74, 6) is 0. The summed E-state index contributed by atoms with van der Waals surface area (Å²) >= 11 is 0. The summed E-state index contributed by atoms with van der Waals surface area (Å²) < 4.78 is 2.45. The van der Waals surface area contributed by atoms with E-state index in [1.165, 1.54) is 77.5 Å². The highest BCUT2D eigenvalue weighted by Crippen LogP contribution is 2.41.